The number of carbonyl (C=O) groups excluding carboxylic acids is 1. The topological polar surface area (TPSA) is 52.8 Å². The fraction of sp³-hybridized carbons (Fsp3) is 0.263. The second-order valence-electron chi connectivity index (χ2n) is 5.57. The Hall–Kier alpha value is -1.86. The Morgan fingerprint density at radius 3 is 2.74 bits per heavy atom. The van der Waals surface area contributed by atoms with E-state index in [9.17, 15) is 4.79 Å². The molecular weight excluding hydrogens is 407 g/mol. The molecule has 0 fully saturated rings. The largest absolute Gasteiger partial charge is 0.484 e. The zero-order chi connectivity index (χ0) is 19.2. The van der Waals surface area contributed by atoms with Gasteiger partial charge in [-0.3, -0.25) is 4.79 Å². The Morgan fingerprint density at radius 1 is 1.22 bits per heavy atom. The Kier molecular flexibility index (Phi) is 6.90. The van der Waals surface area contributed by atoms with Crippen LogP contribution >= 0.6 is 34.5 Å². The lowest BCUT2D eigenvalue weighted by molar-refractivity contribution is -0.120. The summed E-state index contributed by atoms with van der Waals surface area (Å²) in [6.45, 7) is 3.42. The summed E-state index contributed by atoms with van der Waals surface area (Å²) in [6, 6.07) is 12.6. The molecule has 8 heteroatoms. The number of rotatable bonds is 7. The minimum absolute atomic E-state index is 0.141. The molecule has 0 N–H and O–H groups in total. The van der Waals surface area contributed by atoms with Gasteiger partial charge in [0.2, 0.25) is 0 Å². The summed E-state index contributed by atoms with van der Waals surface area (Å²) in [5.74, 6) is 0.245. The second kappa shape index (κ2) is 9.37. The van der Waals surface area contributed by atoms with E-state index < -0.39 is 0 Å². The van der Waals surface area contributed by atoms with Crippen molar-refractivity contribution in [2.24, 2.45) is 4.99 Å². The Balaban J connectivity index is 1.91. The zero-order valence-corrected chi connectivity index (χ0v) is 17.0. The fourth-order valence-corrected chi connectivity index (χ4v) is 4.38. The number of amides is 1. The van der Waals surface area contributed by atoms with Gasteiger partial charge in [-0.2, -0.15) is 4.99 Å². The van der Waals surface area contributed by atoms with Gasteiger partial charge < -0.3 is 14.0 Å². The first-order valence-corrected chi connectivity index (χ1v) is 9.97. The molecule has 0 unspecified atom stereocenters. The van der Waals surface area contributed by atoms with Crippen molar-refractivity contribution in [2.75, 3.05) is 19.8 Å². The van der Waals surface area contributed by atoms with Crippen LogP contribution in [0.5, 0.6) is 5.75 Å². The monoisotopic (exact) mass is 424 g/mol. The quantitative estimate of drug-likeness (QED) is 0.522. The molecule has 2 aromatic carbocycles. The Morgan fingerprint density at radius 2 is 2.00 bits per heavy atom. The summed E-state index contributed by atoms with van der Waals surface area (Å²) in [5.41, 5.74) is 0.793. The van der Waals surface area contributed by atoms with Gasteiger partial charge in [-0.15, -0.1) is 0 Å². The van der Waals surface area contributed by atoms with Crippen molar-refractivity contribution in [3.8, 4) is 5.75 Å². The highest BCUT2D eigenvalue weighted by Crippen LogP contribution is 2.29. The summed E-state index contributed by atoms with van der Waals surface area (Å²) in [7, 11) is 0. The number of thiazole rings is 1. The van der Waals surface area contributed by atoms with Gasteiger partial charge in [-0.25, -0.2) is 0 Å². The maximum Gasteiger partial charge on any atom is 0.286 e. The van der Waals surface area contributed by atoms with Crippen molar-refractivity contribution in [1.82, 2.24) is 4.57 Å². The number of hydrogen-bond donors (Lipinski definition) is 0. The molecule has 1 heterocycles. The Bertz CT molecular complexity index is 999. The molecule has 0 saturated heterocycles. The molecule has 1 amide bonds. The molecule has 0 aliphatic carbocycles. The predicted molar refractivity (Wildman–Crippen MR) is 109 cm³/mol. The smallest absolute Gasteiger partial charge is 0.286 e. The van der Waals surface area contributed by atoms with Crippen LogP contribution in [-0.2, 0) is 16.1 Å². The van der Waals surface area contributed by atoms with Crippen molar-refractivity contribution in [2.45, 2.75) is 13.5 Å². The van der Waals surface area contributed by atoms with Gasteiger partial charge in [0.05, 0.1) is 21.8 Å². The minimum Gasteiger partial charge on any atom is -0.484 e. The minimum atomic E-state index is -0.377. The zero-order valence-electron chi connectivity index (χ0n) is 14.7. The summed E-state index contributed by atoms with van der Waals surface area (Å²) in [4.78, 5) is 17.1. The number of carbonyl (C=O) groups is 1. The standard InChI is InChI=1S/C19H18Cl2N2O3S/c1-2-25-9-8-23-18-15(21)10-13(20)11-16(18)27-19(23)22-17(24)12-26-14-6-4-3-5-7-14/h3-7,10-11H,2,8-9,12H2,1H3. The van der Waals surface area contributed by atoms with E-state index >= 15 is 0 Å². The summed E-state index contributed by atoms with van der Waals surface area (Å²) in [6.07, 6.45) is 0. The molecule has 27 heavy (non-hydrogen) atoms. The highest BCUT2D eigenvalue weighted by atomic mass is 35.5. The number of nitrogens with zero attached hydrogens (tertiary/aromatic N) is 2. The first-order valence-electron chi connectivity index (χ1n) is 8.40. The third-order valence-electron chi connectivity index (χ3n) is 3.68. The van der Waals surface area contributed by atoms with Crippen LogP contribution < -0.4 is 9.54 Å². The summed E-state index contributed by atoms with van der Waals surface area (Å²) < 4.78 is 13.7. The number of benzene rings is 2. The van der Waals surface area contributed by atoms with Crippen LogP contribution in [-0.4, -0.2) is 30.3 Å². The van der Waals surface area contributed by atoms with E-state index in [1.54, 1.807) is 18.2 Å². The molecule has 0 bridgehead atoms. The lowest BCUT2D eigenvalue weighted by Gasteiger charge is -2.07. The van der Waals surface area contributed by atoms with Gasteiger partial charge in [0.15, 0.2) is 11.4 Å². The third-order valence-corrected chi connectivity index (χ3v) is 5.22. The number of halogens is 2. The Labute approximate surface area is 170 Å². The van der Waals surface area contributed by atoms with E-state index in [1.807, 2.05) is 35.8 Å². The maximum absolute atomic E-state index is 12.3. The van der Waals surface area contributed by atoms with Crippen LogP contribution in [0.25, 0.3) is 10.2 Å². The molecule has 0 radical (unpaired) electrons. The van der Waals surface area contributed by atoms with Gasteiger partial charge in [0.25, 0.3) is 5.91 Å². The van der Waals surface area contributed by atoms with Crippen LogP contribution in [0.2, 0.25) is 10.0 Å². The highest BCUT2D eigenvalue weighted by Gasteiger charge is 2.12. The number of fused-ring (bicyclic) bond motifs is 1. The van der Waals surface area contributed by atoms with Crippen LogP contribution in [0.1, 0.15) is 6.92 Å². The fourth-order valence-electron chi connectivity index (χ4n) is 2.52. The first kappa shape index (κ1) is 19.9. The maximum atomic E-state index is 12.3. The molecule has 0 saturated carbocycles. The van der Waals surface area contributed by atoms with E-state index in [0.717, 1.165) is 10.2 Å². The molecule has 3 aromatic rings. The van der Waals surface area contributed by atoms with Crippen LogP contribution in [0.3, 0.4) is 0 Å². The molecule has 0 aliphatic heterocycles. The van der Waals surface area contributed by atoms with E-state index in [-0.39, 0.29) is 12.5 Å². The van der Waals surface area contributed by atoms with Gasteiger partial charge in [0.1, 0.15) is 5.75 Å². The molecule has 3 rings (SSSR count). The number of para-hydroxylation sites is 1. The highest BCUT2D eigenvalue weighted by molar-refractivity contribution is 7.16. The predicted octanol–water partition coefficient (Wildman–Crippen LogP) is 4.55. The SMILES string of the molecule is CCOCCn1c(=NC(=O)COc2ccccc2)sc2cc(Cl)cc(Cl)c21. The molecule has 1 aromatic heterocycles. The number of hydrogen-bond acceptors (Lipinski definition) is 4. The number of aromatic nitrogens is 1. The molecule has 142 valence electrons. The van der Waals surface area contributed by atoms with Gasteiger partial charge >= 0.3 is 0 Å². The van der Waals surface area contributed by atoms with Crippen molar-refractivity contribution >= 4 is 50.7 Å². The normalized spacial score (nSPS) is 11.9. The lowest BCUT2D eigenvalue weighted by Crippen LogP contribution is -2.21. The van der Waals surface area contributed by atoms with Crippen LogP contribution in [0, 0.1) is 0 Å². The van der Waals surface area contributed by atoms with E-state index in [2.05, 4.69) is 4.99 Å². The molecule has 0 atom stereocenters. The van der Waals surface area contributed by atoms with E-state index in [0.29, 0.717) is 40.4 Å². The summed E-state index contributed by atoms with van der Waals surface area (Å²) in [5, 5.41) is 1.05. The van der Waals surface area contributed by atoms with Crippen LogP contribution in [0.4, 0.5) is 0 Å². The van der Waals surface area contributed by atoms with Gasteiger partial charge in [0, 0.05) is 18.2 Å². The van der Waals surface area contributed by atoms with Gasteiger partial charge in [-0.05, 0) is 31.2 Å². The average Bonchev–Trinajstić information content (AvgIpc) is 2.98. The second-order valence-corrected chi connectivity index (χ2v) is 7.43. The molecule has 0 spiro atoms. The van der Waals surface area contributed by atoms with Crippen molar-refractivity contribution < 1.29 is 14.3 Å². The number of ether oxygens (including phenoxy) is 2. The summed E-state index contributed by atoms with van der Waals surface area (Å²) >= 11 is 13.8. The van der Waals surface area contributed by atoms with Crippen molar-refractivity contribution in [1.29, 1.82) is 0 Å². The molecule has 0 aliphatic rings. The molecular formula is C19H18Cl2N2O3S. The van der Waals surface area contributed by atoms with Crippen molar-refractivity contribution in [3.63, 3.8) is 0 Å². The third kappa shape index (κ3) is 5.11. The molecule has 5 nitrogen and oxygen atoms in total. The van der Waals surface area contributed by atoms with E-state index in [1.165, 1.54) is 11.3 Å². The average molecular weight is 425 g/mol. The first-order chi connectivity index (χ1) is 13.1. The van der Waals surface area contributed by atoms with Gasteiger partial charge in [-0.1, -0.05) is 52.7 Å². The lowest BCUT2D eigenvalue weighted by atomic mass is 10.3. The van der Waals surface area contributed by atoms with Crippen LogP contribution in [0.15, 0.2) is 47.5 Å². The van der Waals surface area contributed by atoms with E-state index in [4.69, 9.17) is 32.7 Å². The van der Waals surface area contributed by atoms with Crippen molar-refractivity contribution in [3.05, 3.63) is 57.3 Å².